The van der Waals surface area contributed by atoms with Gasteiger partial charge in [-0.3, -0.25) is 4.98 Å². The molecule has 1 aromatic carbocycles. The fraction of sp³-hybridized carbons (Fsp3) is 0.536. The van der Waals surface area contributed by atoms with Gasteiger partial charge in [-0.05, 0) is 92.7 Å². The average molecular weight is 431 g/mol. The van der Waals surface area contributed by atoms with E-state index in [1.54, 1.807) is 0 Å². The minimum Gasteiger partial charge on any atom is -0.399 e. The van der Waals surface area contributed by atoms with Crippen LogP contribution in [0, 0.1) is 6.92 Å². The number of hydrogen-bond donors (Lipinski definition) is 0. The molecule has 0 spiro atoms. The number of pyridine rings is 1. The molecule has 1 fully saturated rings. The fourth-order valence-corrected chi connectivity index (χ4v) is 4.89. The molecule has 0 atom stereocenters. The van der Waals surface area contributed by atoms with Gasteiger partial charge in [0.1, 0.15) is 0 Å². The van der Waals surface area contributed by atoms with E-state index >= 15 is 0 Å². The Morgan fingerprint density at radius 1 is 0.875 bits per heavy atom. The van der Waals surface area contributed by atoms with Crippen molar-refractivity contribution in [2.24, 2.45) is 0 Å². The van der Waals surface area contributed by atoms with Crippen LogP contribution in [0.15, 0.2) is 37.0 Å². The quantitative estimate of drug-likeness (QED) is 0.551. The Balaban J connectivity index is 1.65. The van der Waals surface area contributed by atoms with Gasteiger partial charge in [0.2, 0.25) is 0 Å². The molecule has 4 heteroatoms. The van der Waals surface area contributed by atoms with Crippen molar-refractivity contribution >= 4 is 18.2 Å². The molecule has 0 radical (unpaired) electrons. The first-order chi connectivity index (χ1) is 14.6. The van der Waals surface area contributed by atoms with Gasteiger partial charge in [-0.15, -0.1) is 0 Å². The molecule has 1 aliphatic heterocycles. The zero-order valence-corrected chi connectivity index (χ0v) is 21.3. The van der Waals surface area contributed by atoms with Crippen LogP contribution in [0.1, 0.15) is 96.2 Å². The van der Waals surface area contributed by atoms with Crippen molar-refractivity contribution in [2.75, 3.05) is 0 Å². The van der Waals surface area contributed by atoms with Crippen LogP contribution in [0.2, 0.25) is 0 Å². The van der Waals surface area contributed by atoms with Gasteiger partial charge in [0, 0.05) is 17.2 Å². The molecule has 2 heterocycles. The molecule has 0 bridgehead atoms. The standard InChI is InChI=1S/C28H38BNO2/c1-18-15-22-23(26(5,6)14-13-25(22,3)4)16-21(18)19(2)24-12-11-20(17-30-24)29-31-27(7,8)28(9,10)32-29/h11-12,15-17H,2,13-14H2,1,3-10H3. The first-order valence-electron chi connectivity index (χ1n) is 11.8. The molecule has 170 valence electrons. The van der Waals surface area contributed by atoms with Gasteiger partial charge in [0.15, 0.2) is 0 Å². The lowest BCUT2D eigenvalue weighted by molar-refractivity contribution is 0.00578. The Bertz CT molecular complexity index is 1050. The Labute approximate surface area is 194 Å². The highest BCUT2D eigenvalue weighted by molar-refractivity contribution is 6.62. The van der Waals surface area contributed by atoms with Crippen LogP contribution in [-0.4, -0.2) is 23.3 Å². The van der Waals surface area contributed by atoms with Gasteiger partial charge in [0.05, 0.1) is 16.9 Å². The Hall–Kier alpha value is -1.91. The molecule has 0 N–H and O–H groups in total. The predicted molar refractivity (Wildman–Crippen MR) is 135 cm³/mol. The van der Waals surface area contributed by atoms with Gasteiger partial charge >= 0.3 is 7.12 Å². The second-order valence-electron chi connectivity index (χ2n) is 12.0. The van der Waals surface area contributed by atoms with Crippen LogP contribution in [0.3, 0.4) is 0 Å². The highest BCUT2D eigenvalue weighted by Crippen LogP contribution is 2.47. The van der Waals surface area contributed by atoms with Gasteiger partial charge in [-0.25, -0.2) is 0 Å². The topological polar surface area (TPSA) is 31.4 Å². The predicted octanol–water partition coefficient (Wildman–Crippen LogP) is 6.10. The van der Waals surface area contributed by atoms with E-state index in [1.165, 1.54) is 35.1 Å². The zero-order chi connectivity index (χ0) is 23.7. The molecule has 0 amide bonds. The summed E-state index contributed by atoms with van der Waals surface area (Å²) in [7, 11) is -0.400. The summed E-state index contributed by atoms with van der Waals surface area (Å²) in [6.07, 6.45) is 4.28. The molecular weight excluding hydrogens is 393 g/mol. The molecule has 1 aromatic heterocycles. The Morgan fingerprint density at radius 3 is 1.91 bits per heavy atom. The second kappa shape index (κ2) is 7.30. The average Bonchev–Trinajstić information content (AvgIpc) is 2.92. The monoisotopic (exact) mass is 431 g/mol. The van der Waals surface area contributed by atoms with Crippen molar-refractivity contribution in [3.05, 3.63) is 65.0 Å². The second-order valence-corrected chi connectivity index (χ2v) is 12.0. The van der Waals surface area contributed by atoms with Crippen LogP contribution in [0.5, 0.6) is 0 Å². The summed E-state index contributed by atoms with van der Waals surface area (Å²) in [5.41, 5.74) is 7.82. The minimum absolute atomic E-state index is 0.168. The van der Waals surface area contributed by atoms with Crippen molar-refractivity contribution in [2.45, 2.75) is 97.2 Å². The molecule has 2 aromatic rings. The fourth-order valence-electron chi connectivity index (χ4n) is 4.89. The molecule has 1 aliphatic carbocycles. The van der Waals surface area contributed by atoms with Crippen LogP contribution in [-0.2, 0) is 20.1 Å². The van der Waals surface area contributed by atoms with Crippen molar-refractivity contribution in [1.29, 1.82) is 0 Å². The SMILES string of the molecule is C=C(c1ccc(B2OC(C)(C)C(C)(C)O2)cn1)c1cc2c(cc1C)C(C)(C)CCC2(C)C. The smallest absolute Gasteiger partial charge is 0.399 e. The maximum absolute atomic E-state index is 6.17. The normalized spacial score (nSPS) is 22.5. The van der Waals surface area contributed by atoms with E-state index in [-0.39, 0.29) is 22.0 Å². The maximum atomic E-state index is 6.17. The van der Waals surface area contributed by atoms with E-state index in [9.17, 15) is 0 Å². The molecule has 4 rings (SSSR count). The number of nitrogens with zero attached hydrogens (tertiary/aromatic N) is 1. The van der Waals surface area contributed by atoms with Gasteiger partial charge in [-0.2, -0.15) is 0 Å². The van der Waals surface area contributed by atoms with Gasteiger partial charge < -0.3 is 9.31 Å². The van der Waals surface area contributed by atoms with Gasteiger partial charge in [-0.1, -0.05) is 46.4 Å². The number of rotatable bonds is 3. The third-order valence-electron chi connectivity index (χ3n) is 8.14. The Morgan fingerprint density at radius 2 is 1.41 bits per heavy atom. The van der Waals surface area contributed by atoms with Crippen LogP contribution in [0.25, 0.3) is 5.57 Å². The van der Waals surface area contributed by atoms with E-state index in [4.69, 9.17) is 14.3 Å². The maximum Gasteiger partial charge on any atom is 0.496 e. The largest absolute Gasteiger partial charge is 0.496 e. The van der Waals surface area contributed by atoms with E-state index in [0.29, 0.717) is 0 Å². The summed E-state index contributed by atoms with van der Waals surface area (Å²) >= 11 is 0. The summed E-state index contributed by atoms with van der Waals surface area (Å²) in [5, 5.41) is 0. The molecule has 2 aliphatic rings. The molecule has 0 unspecified atom stereocenters. The molecule has 1 saturated heterocycles. The number of fused-ring (bicyclic) bond motifs is 1. The summed E-state index contributed by atoms with van der Waals surface area (Å²) in [6, 6.07) is 8.85. The van der Waals surface area contributed by atoms with E-state index < -0.39 is 7.12 Å². The van der Waals surface area contributed by atoms with Crippen molar-refractivity contribution in [3.63, 3.8) is 0 Å². The highest BCUT2D eigenvalue weighted by Gasteiger charge is 2.51. The lowest BCUT2D eigenvalue weighted by atomic mass is 9.62. The number of hydrogen-bond acceptors (Lipinski definition) is 3. The van der Waals surface area contributed by atoms with E-state index in [1.807, 2.05) is 12.3 Å². The van der Waals surface area contributed by atoms with Crippen molar-refractivity contribution in [3.8, 4) is 0 Å². The number of aromatic nitrogens is 1. The minimum atomic E-state index is -0.400. The number of benzene rings is 1. The van der Waals surface area contributed by atoms with E-state index in [2.05, 4.69) is 87.1 Å². The molecule has 3 nitrogen and oxygen atoms in total. The lowest BCUT2D eigenvalue weighted by Crippen LogP contribution is -2.41. The van der Waals surface area contributed by atoms with Crippen LogP contribution < -0.4 is 5.46 Å². The van der Waals surface area contributed by atoms with Crippen molar-refractivity contribution in [1.82, 2.24) is 4.98 Å². The third kappa shape index (κ3) is 3.76. The first-order valence-corrected chi connectivity index (χ1v) is 11.8. The third-order valence-corrected chi connectivity index (χ3v) is 8.14. The lowest BCUT2D eigenvalue weighted by Gasteiger charge is -2.42. The van der Waals surface area contributed by atoms with Gasteiger partial charge in [0.25, 0.3) is 0 Å². The summed E-state index contributed by atoms with van der Waals surface area (Å²) in [4.78, 5) is 4.75. The molecule has 0 saturated carbocycles. The summed E-state index contributed by atoms with van der Waals surface area (Å²) in [6.45, 7) is 24.4. The summed E-state index contributed by atoms with van der Waals surface area (Å²) in [5.74, 6) is 0. The van der Waals surface area contributed by atoms with Crippen LogP contribution in [0.4, 0.5) is 0 Å². The Kier molecular flexibility index (Phi) is 5.30. The highest BCUT2D eigenvalue weighted by atomic mass is 16.7. The van der Waals surface area contributed by atoms with Crippen molar-refractivity contribution < 1.29 is 9.31 Å². The zero-order valence-electron chi connectivity index (χ0n) is 21.3. The summed E-state index contributed by atoms with van der Waals surface area (Å²) < 4.78 is 12.3. The van der Waals surface area contributed by atoms with E-state index in [0.717, 1.165) is 16.7 Å². The van der Waals surface area contributed by atoms with Crippen LogP contribution >= 0.6 is 0 Å². The number of aryl methyl sites for hydroxylation is 1. The molecular formula is C28H38BNO2. The first kappa shape index (κ1) is 23.3. The molecule has 32 heavy (non-hydrogen) atoms.